The lowest BCUT2D eigenvalue weighted by Crippen LogP contribution is -2.13. The van der Waals surface area contributed by atoms with Crippen molar-refractivity contribution in [2.24, 2.45) is 0 Å². The molecule has 5 nitrogen and oxygen atoms in total. The number of hydrogen-bond acceptors (Lipinski definition) is 5. The average molecular weight is 265 g/mol. The van der Waals surface area contributed by atoms with Gasteiger partial charge in [0.15, 0.2) is 0 Å². The van der Waals surface area contributed by atoms with Gasteiger partial charge in [0.1, 0.15) is 5.82 Å². The summed E-state index contributed by atoms with van der Waals surface area (Å²) in [4.78, 5) is 15.2. The molecule has 20 heavy (non-hydrogen) atoms. The molecule has 0 aliphatic heterocycles. The van der Waals surface area contributed by atoms with Crippen LogP contribution >= 0.6 is 0 Å². The highest BCUT2D eigenvalue weighted by atomic mass is 15.2. The zero-order chi connectivity index (χ0) is 13.9. The predicted molar refractivity (Wildman–Crippen MR) is 81.4 cm³/mol. The van der Waals surface area contributed by atoms with Gasteiger partial charge in [0.05, 0.1) is 17.4 Å². The van der Waals surface area contributed by atoms with Gasteiger partial charge in [-0.05, 0) is 24.3 Å². The van der Waals surface area contributed by atoms with Crippen LogP contribution in [0.2, 0.25) is 0 Å². The highest BCUT2D eigenvalue weighted by Gasteiger charge is 2.09. The molecular weight excluding hydrogens is 250 g/mol. The summed E-state index contributed by atoms with van der Waals surface area (Å²) in [6.07, 6.45) is 3.48. The quantitative estimate of drug-likeness (QED) is 0.789. The van der Waals surface area contributed by atoms with Gasteiger partial charge in [0.2, 0.25) is 5.95 Å². The van der Waals surface area contributed by atoms with Crippen LogP contribution in [0.1, 0.15) is 0 Å². The summed E-state index contributed by atoms with van der Waals surface area (Å²) in [5.41, 5.74) is 1.78. The molecule has 0 atom stereocenters. The van der Waals surface area contributed by atoms with E-state index in [4.69, 9.17) is 0 Å². The van der Waals surface area contributed by atoms with Crippen molar-refractivity contribution in [2.75, 3.05) is 24.3 Å². The highest BCUT2D eigenvalue weighted by Crippen LogP contribution is 2.24. The van der Waals surface area contributed by atoms with Crippen LogP contribution in [0.15, 0.2) is 48.8 Å². The van der Waals surface area contributed by atoms with Gasteiger partial charge in [-0.3, -0.25) is 4.98 Å². The summed E-state index contributed by atoms with van der Waals surface area (Å²) in [5.74, 6) is 1.46. The summed E-state index contributed by atoms with van der Waals surface area (Å²) >= 11 is 0. The number of rotatable bonds is 3. The monoisotopic (exact) mass is 265 g/mol. The number of fused-ring (bicyclic) bond motifs is 1. The van der Waals surface area contributed by atoms with E-state index in [9.17, 15) is 0 Å². The minimum Gasteiger partial charge on any atom is -0.362 e. The van der Waals surface area contributed by atoms with E-state index in [2.05, 4.69) is 20.3 Å². The number of aromatic nitrogens is 3. The Kier molecular flexibility index (Phi) is 3.16. The van der Waals surface area contributed by atoms with Crippen molar-refractivity contribution in [1.29, 1.82) is 0 Å². The second kappa shape index (κ2) is 5.13. The number of nitrogens with zero attached hydrogens (tertiary/aromatic N) is 4. The lowest BCUT2D eigenvalue weighted by atomic mass is 10.2. The maximum Gasteiger partial charge on any atom is 0.229 e. The third-order valence-electron chi connectivity index (χ3n) is 2.92. The van der Waals surface area contributed by atoms with Gasteiger partial charge >= 0.3 is 0 Å². The van der Waals surface area contributed by atoms with E-state index < -0.39 is 0 Å². The molecule has 0 fully saturated rings. The maximum absolute atomic E-state index is 4.57. The third-order valence-corrected chi connectivity index (χ3v) is 2.92. The molecule has 0 saturated carbocycles. The fraction of sp³-hybridized carbons (Fsp3) is 0.133. The molecule has 0 unspecified atom stereocenters. The fourth-order valence-corrected chi connectivity index (χ4v) is 2.02. The van der Waals surface area contributed by atoms with Crippen molar-refractivity contribution in [1.82, 2.24) is 15.0 Å². The Hall–Kier alpha value is -2.69. The first kappa shape index (κ1) is 12.3. The van der Waals surface area contributed by atoms with Crippen molar-refractivity contribution in [3.8, 4) is 0 Å². The van der Waals surface area contributed by atoms with Crippen LogP contribution in [0.25, 0.3) is 10.9 Å². The lowest BCUT2D eigenvalue weighted by molar-refractivity contribution is 1.06. The van der Waals surface area contributed by atoms with Crippen LogP contribution in [0, 0.1) is 0 Å². The molecule has 1 aromatic carbocycles. The van der Waals surface area contributed by atoms with E-state index >= 15 is 0 Å². The SMILES string of the molecule is CN(C)c1nc(Nc2cccnc2)nc2ccccc12. The Bertz CT molecular complexity index is 725. The minimum atomic E-state index is 0.570. The van der Waals surface area contributed by atoms with Crippen LogP contribution in [0.5, 0.6) is 0 Å². The summed E-state index contributed by atoms with van der Waals surface area (Å²) in [7, 11) is 3.95. The highest BCUT2D eigenvalue weighted by molar-refractivity contribution is 5.90. The summed E-state index contributed by atoms with van der Waals surface area (Å²) < 4.78 is 0. The molecule has 0 bridgehead atoms. The molecule has 0 amide bonds. The van der Waals surface area contributed by atoms with Crippen molar-refractivity contribution < 1.29 is 0 Å². The molecule has 0 aliphatic rings. The molecular formula is C15H15N5. The lowest BCUT2D eigenvalue weighted by Gasteiger charge is -2.15. The minimum absolute atomic E-state index is 0.570. The van der Waals surface area contributed by atoms with E-state index in [1.54, 1.807) is 12.4 Å². The Morgan fingerprint density at radius 2 is 1.85 bits per heavy atom. The van der Waals surface area contributed by atoms with Crippen molar-refractivity contribution in [3.63, 3.8) is 0 Å². The smallest absolute Gasteiger partial charge is 0.229 e. The Labute approximate surface area is 117 Å². The Balaban J connectivity index is 2.08. The molecule has 0 radical (unpaired) electrons. The van der Waals surface area contributed by atoms with Gasteiger partial charge in [-0.2, -0.15) is 4.98 Å². The summed E-state index contributed by atoms with van der Waals surface area (Å²) in [5, 5.41) is 4.22. The van der Waals surface area contributed by atoms with E-state index in [1.807, 2.05) is 55.4 Å². The first-order valence-electron chi connectivity index (χ1n) is 6.35. The first-order chi connectivity index (χ1) is 9.74. The van der Waals surface area contributed by atoms with E-state index in [0.29, 0.717) is 5.95 Å². The van der Waals surface area contributed by atoms with Crippen LogP contribution in [0.4, 0.5) is 17.5 Å². The Morgan fingerprint density at radius 3 is 2.60 bits per heavy atom. The van der Waals surface area contributed by atoms with Gasteiger partial charge in [0.25, 0.3) is 0 Å². The van der Waals surface area contributed by atoms with Gasteiger partial charge < -0.3 is 10.2 Å². The summed E-state index contributed by atoms with van der Waals surface area (Å²) in [6, 6.07) is 11.8. The van der Waals surface area contributed by atoms with Crippen molar-refractivity contribution in [2.45, 2.75) is 0 Å². The van der Waals surface area contributed by atoms with Gasteiger partial charge in [-0.25, -0.2) is 4.98 Å². The van der Waals surface area contributed by atoms with E-state index in [0.717, 1.165) is 22.4 Å². The number of nitrogens with one attached hydrogen (secondary N) is 1. The molecule has 0 aliphatic carbocycles. The Morgan fingerprint density at radius 1 is 1.00 bits per heavy atom. The topological polar surface area (TPSA) is 53.9 Å². The maximum atomic E-state index is 4.57. The number of anilines is 3. The molecule has 3 aromatic rings. The van der Waals surface area contributed by atoms with Gasteiger partial charge in [-0.15, -0.1) is 0 Å². The average Bonchev–Trinajstić information content (AvgIpc) is 2.47. The van der Waals surface area contributed by atoms with Crippen molar-refractivity contribution >= 4 is 28.4 Å². The normalized spacial score (nSPS) is 10.5. The third kappa shape index (κ3) is 2.38. The molecule has 0 saturated heterocycles. The van der Waals surface area contributed by atoms with Gasteiger partial charge in [0, 0.05) is 25.7 Å². The van der Waals surface area contributed by atoms with Crippen LogP contribution in [-0.2, 0) is 0 Å². The molecule has 100 valence electrons. The molecule has 0 spiro atoms. The number of hydrogen-bond donors (Lipinski definition) is 1. The molecule has 2 aromatic heterocycles. The van der Waals surface area contributed by atoms with Crippen molar-refractivity contribution in [3.05, 3.63) is 48.8 Å². The molecule has 3 rings (SSSR count). The standard InChI is InChI=1S/C15H15N5/c1-20(2)14-12-7-3-4-8-13(12)18-15(19-14)17-11-6-5-9-16-10-11/h3-10H,1-2H3,(H,17,18,19). The number of para-hydroxylation sites is 1. The van der Waals surface area contributed by atoms with Crippen LogP contribution in [-0.4, -0.2) is 29.0 Å². The summed E-state index contributed by atoms with van der Waals surface area (Å²) in [6.45, 7) is 0. The molecule has 2 heterocycles. The van der Waals surface area contributed by atoms with Crippen LogP contribution < -0.4 is 10.2 Å². The van der Waals surface area contributed by atoms with Gasteiger partial charge in [-0.1, -0.05) is 12.1 Å². The predicted octanol–water partition coefficient (Wildman–Crippen LogP) is 2.83. The number of benzene rings is 1. The molecule has 5 heteroatoms. The van der Waals surface area contributed by atoms with E-state index in [-0.39, 0.29) is 0 Å². The zero-order valence-electron chi connectivity index (χ0n) is 11.4. The zero-order valence-corrected chi connectivity index (χ0v) is 11.4. The van der Waals surface area contributed by atoms with Crippen LogP contribution in [0.3, 0.4) is 0 Å². The number of pyridine rings is 1. The molecule has 1 N–H and O–H groups in total. The largest absolute Gasteiger partial charge is 0.362 e. The second-order valence-corrected chi connectivity index (χ2v) is 4.65. The fourth-order valence-electron chi connectivity index (χ4n) is 2.02. The van der Waals surface area contributed by atoms with E-state index in [1.165, 1.54) is 0 Å². The first-order valence-corrected chi connectivity index (χ1v) is 6.35. The second-order valence-electron chi connectivity index (χ2n) is 4.65.